The van der Waals surface area contributed by atoms with Gasteiger partial charge in [-0.15, -0.1) is 0 Å². The molecule has 3 N–H and O–H groups in total. The second-order valence-electron chi connectivity index (χ2n) is 6.92. The van der Waals surface area contributed by atoms with Crippen LogP contribution in [-0.2, 0) is 0 Å². The van der Waals surface area contributed by atoms with Crippen LogP contribution < -0.4 is 5.73 Å². The molecule has 0 radical (unpaired) electrons. The third kappa shape index (κ3) is 2.85. The maximum absolute atomic E-state index is 10.7. The first-order valence-corrected chi connectivity index (χ1v) is 7.20. The van der Waals surface area contributed by atoms with Gasteiger partial charge in [-0.2, -0.15) is 0 Å². The van der Waals surface area contributed by atoms with Crippen molar-refractivity contribution in [3.05, 3.63) is 0 Å². The van der Waals surface area contributed by atoms with Gasteiger partial charge >= 0.3 is 0 Å². The van der Waals surface area contributed by atoms with E-state index >= 15 is 0 Å². The number of hydrogen-bond acceptors (Lipinski definition) is 2. The Kier molecular flexibility index (Phi) is 4.31. The molecule has 2 heteroatoms. The van der Waals surface area contributed by atoms with Crippen molar-refractivity contribution in [1.29, 1.82) is 0 Å². The fraction of sp³-hybridized carbons (Fsp3) is 1.00. The summed E-state index contributed by atoms with van der Waals surface area (Å²) in [5.74, 6) is 0.737. The van der Waals surface area contributed by atoms with Gasteiger partial charge in [0.15, 0.2) is 0 Å². The van der Waals surface area contributed by atoms with Crippen LogP contribution in [0.25, 0.3) is 0 Å². The summed E-state index contributed by atoms with van der Waals surface area (Å²) in [6.45, 7) is 11.0. The minimum atomic E-state index is -0.651. The molecule has 2 nitrogen and oxygen atoms in total. The summed E-state index contributed by atoms with van der Waals surface area (Å²) in [6, 6.07) is 0. The van der Waals surface area contributed by atoms with E-state index in [1.807, 2.05) is 6.92 Å². The average molecular weight is 241 g/mol. The number of aliphatic hydroxyl groups is 1. The normalized spacial score (nSPS) is 34.4. The van der Waals surface area contributed by atoms with E-state index in [1.165, 1.54) is 6.42 Å². The first-order valence-electron chi connectivity index (χ1n) is 7.20. The van der Waals surface area contributed by atoms with E-state index in [4.69, 9.17) is 5.73 Å². The molecule has 0 saturated heterocycles. The molecule has 0 heterocycles. The van der Waals surface area contributed by atoms with Gasteiger partial charge in [-0.25, -0.2) is 0 Å². The van der Waals surface area contributed by atoms with Crippen LogP contribution in [0, 0.1) is 11.3 Å². The lowest BCUT2D eigenvalue weighted by Crippen LogP contribution is -2.60. The highest BCUT2D eigenvalue weighted by atomic mass is 16.3. The highest BCUT2D eigenvalue weighted by Gasteiger charge is 2.46. The van der Waals surface area contributed by atoms with E-state index in [2.05, 4.69) is 27.7 Å². The van der Waals surface area contributed by atoms with Gasteiger partial charge in [-0.05, 0) is 50.4 Å². The average Bonchev–Trinajstić information content (AvgIpc) is 2.29. The molecule has 1 fully saturated rings. The zero-order valence-electron chi connectivity index (χ0n) is 12.3. The number of hydrogen-bond donors (Lipinski definition) is 2. The molecule has 1 unspecified atom stereocenters. The summed E-state index contributed by atoms with van der Waals surface area (Å²) in [7, 11) is 0. The van der Waals surface area contributed by atoms with Gasteiger partial charge in [0, 0.05) is 5.54 Å². The van der Waals surface area contributed by atoms with Crippen molar-refractivity contribution in [3.63, 3.8) is 0 Å². The zero-order chi connectivity index (χ0) is 13.3. The highest BCUT2D eigenvalue weighted by molar-refractivity contribution is 5.03. The Morgan fingerprint density at radius 1 is 1.12 bits per heavy atom. The Morgan fingerprint density at radius 2 is 1.59 bits per heavy atom. The Labute approximate surface area is 107 Å². The van der Waals surface area contributed by atoms with Crippen molar-refractivity contribution < 1.29 is 5.11 Å². The molecule has 1 aliphatic carbocycles. The lowest BCUT2D eigenvalue weighted by molar-refractivity contribution is -0.0802. The van der Waals surface area contributed by atoms with Crippen LogP contribution in [0.2, 0.25) is 0 Å². The molecule has 1 aliphatic rings. The van der Waals surface area contributed by atoms with Gasteiger partial charge in [0.2, 0.25) is 0 Å². The van der Waals surface area contributed by atoms with Crippen molar-refractivity contribution in [2.24, 2.45) is 17.1 Å². The molecular weight excluding hydrogens is 210 g/mol. The third-order valence-electron chi connectivity index (χ3n) is 5.63. The summed E-state index contributed by atoms with van der Waals surface area (Å²) in [5.41, 5.74) is 5.58. The molecular formula is C15H31NO. The summed E-state index contributed by atoms with van der Waals surface area (Å²) in [6.07, 6.45) is 6.01. The Bertz CT molecular complexity index is 250. The molecule has 0 spiro atoms. The van der Waals surface area contributed by atoms with Crippen molar-refractivity contribution in [2.75, 3.05) is 0 Å². The monoisotopic (exact) mass is 241 g/mol. The second kappa shape index (κ2) is 4.89. The SMILES string of the molecule is CCC(C)(C)C1CCC(O)(C(C)(N)CC)CC1. The molecule has 0 aromatic carbocycles. The maximum atomic E-state index is 10.7. The van der Waals surface area contributed by atoms with Gasteiger partial charge in [-0.1, -0.05) is 34.1 Å². The zero-order valence-corrected chi connectivity index (χ0v) is 12.3. The van der Waals surface area contributed by atoms with E-state index < -0.39 is 11.1 Å². The van der Waals surface area contributed by atoms with Gasteiger partial charge in [0.05, 0.1) is 5.60 Å². The van der Waals surface area contributed by atoms with Crippen LogP contribution in [0.4, 0.5) is 0 Å². The standard InChI is InChI=1S/C15H31NO/c1-6-13(3,4)12-8-10-15(17,11-9-12)14(5,16)7-2/h12,17H,6-11,16H2,1-5H3. The van der Waals surface area contributed by atoms with E-state index in [1.54, 1.807) is 0 Å². The summed E-state index contributed by atoms with van der Waals surface area (Å²) in [5, 5.41) is 10.7. The van der Waals surface area contributed by atoms with Crippen LogP contribution in [0.1, 0.15) is 73.1 Å². The van der Waals surface area contributed by atoms with E-state index in [0.717, 1.165) is 38.0 Å². The number of rotatable bonds is 4. The second-order valence-corrected chi connectivity index (χ2v) is 6.92. The van der Waals surface area contributed by atoms with Crippen LogP contribution in [-0.4, -0.2) is 16.2 Å². The molecule has 1 rings (SSSR count). The molecule has 0 bridgehead atoms. The quantitative estimate of drug-likeness (QED) is 0.791. The van der Waals surface area contributed by atoms with Crippen molar-refractivity contribution >= 4 is 0 Å². The fourth-order valence-corrected chi connectivity index (χ4v) is 3.07. The van der Waals surface area contributed by atoms with Crippen LogP contribution in [0.5, 0.6) is 0 Å². The molecule has 0 aliphatic heterocycles. The largest absolute Gasteiger partial charge is 0.388 e. The summed E-state index contributed by atoms with van der Waals surface area (Å²) in [4.78, 5) is 0. The van der Waals surface area contributed by atoms with Crippen molar-refractivity contribution in [3.8, 4) is 0 Å². The van der Waals surface area contributed by atoms with Gasteiger partial charge in [0.1, 0.15) is 0 Å². The van der Waals surface area contributed by atoms with Crippen molar-refractivity contribution in [2.45, 2.75) is 84.3 Å². The summed E-state index contributed by atoms with van der Waals surface area (Å²) >= 11 is 0. The number of nitrogens with two attached hydrogens (primary N) is 1. The first-order chi connectivity index (χ1) is 7.68. The predicted octanol–water partition coefficient (Wildman–Crippen LogP) is 3.47. The van der Waals surface area contributed by atoms with Gasteiger partial charge in [-0.3, -0.25) is 0 Å². The van der Waals surface area contributed by atoms with Crippen LogP contribution in [0.15, 0.2) is 0 Å². The third-order valence-corrected chi connectivity index (χ3v) is 5.63. The molecule has 0 aromatic heterocycles. The lowest BCUT2D eigenvalue weighted by Gasteiger charge is -2.49. The molecule has 1 saturated carbocycles. The van der Waals surface area contributed by atoms with E-state index in [-0.39, 0.29) is 0 Å². The van der Waals surface area contributed by atoms with Gasteiger partial charge < -0.3 is 10.8 Å². The minimum Gasteiger partial charge on any atom is -0.388 e. The smallest absolute Gasteiger partial charge is 0.0823 e. The molecule has 0 amide bonds. The van der Waals surface area contributed by atoms with Crippen molar-refractivity contribution in [1.82, 2.24) is 0 Å². The summed E-state index contributed by atoms with van der Waals surface area (Å²) < 4.78 is 0. The maximum Gasteiger partial charge on any atom is 0.0823 e. The molecule has 1 atom stereocenters. The Hall–Kier alpha value is -0.0800. The molecule has 0 aromatic rings. The minimum absolute atomic E-state index is 0.401. The van der Waals surface area contributed by atoms with E-state index in [9.17, 15) is 5.11 Å². The van der Waals surface area contributed by atoms with Crippen LogP contribution in [0.3, 0.4) is 0 Å². The van der Waals surface area contributed by atoms with Crippen LogP contribution >= 0.6 is 0 Å². The highest BCUT2D eigenvalue weighted by Crippen LogP contribution is 2.46. The first kappa shape index (κ1) is 15.0. The predicted molar refractivity (Wildman–Crippen MR) is 73.9 cm³/mol. The lowest BCUT2D eigenvalue weighted by atomic mass is 9.62. The topological polar surface area (TPSA) is 46.2 Å². The molecule has 17 heavy (non-hydrogen) atoms. The fourth-order valence-electron chi connectivity index (χ4n) is 3.07. The Balaban J connectivity index is 2.68. The van der Waals surface area contributed by atoms with E-state index in [0.29, 0.717) is 5.41 Å². The van der Waals surface area contributed by atoms with Gasteiger partial charge in [0.25, 0.3) is 0 Å². The molecule has 102 valence electrons. The Morgan fingerprint density at radius 3 is 1.94 bits per heavy atom.